The molecule has 0 saturated carbocycles. The summed E-state index contributed by atoms with van der Waals surface area (Å²) in [6.07, 6.45) is 87.1. The number of aliphatic hydroxyl groups is 1. The van der Waals surface area contributed by atoms with E-state index in [0.29, 0.717) is 17.4 Å². The lowest BCUT2D eigenvalue weighted by atomic mass is 10.0. The summed E-state index contributed by atoms with van der Waals surface area (Å²) in [5.74, 6) is -0.184. The number of hydrogen-bond acceptors (Lipinski definition) is 5. The molecule has 0 aromatic heterocycles. The average Bonchev–Trinajstić information content (AvgIpc) is 3.47. The Bertz CT molecular complexity index is 1480. The first-order valence-electron chi connectivity index (χ1n) is 36.0. The Kier molecular flexibility index (Phi) is 62.7. The minimum Gasteiger partial charge on any atom is -0.387 e. The van der Waals surface area contributed by atoms with Crippen LogP contribution >= 0.6 is 7.82 Å². The van der Waals surface area contributed by atoms with E-state index in [1.165, 1.54) is 295 Å². The first-order chi connectivity index (χ1) is 40.0. The molecule has 0 fully saturated rings. The molecule has 0 saturated heterocycles. The Hall–Kier alpha value is -1.54. The first kappa shape index (κ1) is 80.5. The van der Waals surface area contributed by atoms with E-state index >= 15 is 0 Å². The second kappa shape index (κ2) is 63.9. The van der Waals surface area contributed by atoms with Gasteiger partial charge in [-0.15, -0.1) is 0 Å². The number of phosphoric ester groups is 1. The molecule has 0 spiro atoms. The van der Waals surface area contributed by atoms with Crippen LogP contribution in [-0.2, 0) is 18.4 Å². The first-order valence-corrected chi connectivity index (χ1v) is 37.5. The number of amides is 1. The van der Waals surface area contributed by atoms with Gasteiger partial charge < -0.3 is 19.8 Å². The number of carbonyl (C=O) groups excluding carboxylic acids is 1. The van der Waals surface area contributed by atoms with E-state index in [0.717, 1.165) is 44.9 Å². The summed E-state index contributed by atoms with van der Waals surface area (Å²) in [4.78, 5) is 23.4. The normalized spacial score (nSPS) is 13.9. The van der Waals surface area contributed by atoms with Crippen LogP contribution in [0.3, 0.4) is 0 Å². The quantitative estimate of drug-likeness (QED) is 0.0243. The molecule has 1 amide bonds. The highest BCUT2D eigenvalue weighted by Crippen LogP contribution is 2.43. The molecule has 0 heterocycles. The van der Waals surface area contributed by atoms with Crippen molar-refractivity contribution in [1.29, 1.82) is 0 Å². The molecule has 0 aromatic carbocycles. The predicted octanol–water partition coefficient (Wildman–Crippen LogP) is 23.0. The van der Waals surface area contributed by atoms with E-state index < -0.39 is 20.0 Å². The van der Waals surface area contributed by atoms with Crippen LogP contribution < -0.4 is 5.32 Å². The van der Waals surface area contributed by atoms with Crippen molar-refractivity contribution in [3.8, 4) is 0 Å². The molecule has 0 aliphatic heterocycles. The van der Waals surface area contributed by atoms with E-state index in [2.05, 4.69) is 55.6 Å². The average molecular weight is 1170 g/mol. The molecular formula is C73H142N2O6P+. The maximum Gasteiger partial charge on any atom is 0.472 e. The Morgan fingerprint density at radius 1 is 0.402 bits per heavy atom. The Labute approximate surface area is 511 Å². The van der Waals surface area contributed by atoms with Gasteiger partial charge in [-0.3, -0.25) is 13.8 Å². The largest absolute Gasteiger partial charge is 0.472 e. The molecular weight excluding hydrogens is 1030 g/mol. The van der Waals surface area contributed by atoms with E-state index in [9.17, 15) is 19.4 Å². The second-order valence-corrected chi connectivity index (χ2v) is 27.4. The zero-order valence-corrected chi connectivity index (χ0v) is 56.4. The number of unbranched alkanes of at least 4 members (excludes halogenated alkanes) is 48. The molecule has 0 aromatic rings. The monoisotopic (exact) mass is 1170 g/mol. The maximum atomic E-state index is 13.1. The van der Waals surface area contributed by atoms with Crippen molar-refractivity contribution in [2.45, 2.75) is 373 Å². The van der Waals surface area contributed by atoms with Crippen molar-refractivity contribution in [3.63, 3.8) is 0 Å². The molecule has 0 bridgehead atoms. The number of aliphatic hydroxyl groups excluding tert-OH is 1. The number of carbonyl (C=O) groups is 1. The number of hydrogen-bond donors (Lipinski definition) is 3. The van der Waals surface area contributed by atoms with Gasteiger partial charge in [0.25, 0.3) is 0 Å². The van der Waals surface area contributed by atoms with Crippen molar-refractivity contribution in [3.05, 3.63) is 48.6 Å². The summed E-state index contributed by atoms with van der Waals surface area (Å²) < 4.78 is 23.8. The van der Waals surface area contributed by atoms with Gasteiger partial charge in [0.05, 0.1) is 39.9 Å². The molecule has 8 nitrogen and oxygen atoms in total. The van der Waals surface area contributed by atoms with E-state index in [1.54, 1.807) is 6.08 Å². The van der Waals surface area contributed by atoms with Crippen LogP contribution in [0.15, 0.2) is 48.6 Å². The molecule has 484 valence electrons. The highest BCUT2D eigenvalue weighted by molar-refractivity contribution is 7.47. The summed E-state index contributed by atoms with van der Waals surface area (Å²) >= 11 is 0. The van der Waals surface area contributed by atoms with Crippen LogP contribution in [0.25, 0.3) is 0 Å². The summed E-state index contributed by atoms with van der Waals surface area (Å²) in [7, 11) is 1.56. The lowest BCUT2D eigenvalue weighted by Gasteiger charge is -2.25. The fourth-order valence-corrected chi connectivity index (χ4v) is 11.6. The van der Waals surface area contributed by atoms with Gasteiger partial charge in [0.1, 0.15) is 13.2 Å². The molecule has 9 heteroatoms. The molecule has 3 unspecified atom stereocenters. The molecule has 0 rings (SSSR count). The van der Waals surface area contributed by atoms with Gasteiger partial charge in [-0.2, -0.15) is 0 Å². The van der Waals surface area contributed by atoms with Crippen molar-refractivity contribution in [2.75, 3.05) is 40.9 Å². The number of phosphoric acid groups is 1. The molecule has 0 radical (unpaired) electrons. The van der Waals surface area contributed by atoms with Crippen LogP contribution in [-0.4, -0.2) is 73.4 Å². The third-order valence-electron chi connectivity index (χ3n) is 16.5. The van der Waals surface area contributed by atoms with Gasteiger partial charge in [-0.25, -0.2) is 4.57 Å². The zero-order chi connectivity index (χ0) is 59.8. The molecule has 0 aliphatic rings. The van der Waals surface area contributed by atoms with Crippen molar-refractivity contribution in [2.24, 2.45) is 0 Å². The van der Waals surface area contributed by atoms with Gasteiger partial charge in [-0.1, -0.05) is 332 Å². The SMILES string of the molecule is CCCCCCCCCC/C=C\CCCCCCCCCCCCCCCCCCCCCC(=O)NC(COP(=O)(O)OCC[N+](C)(C)C)C(O)/C=C/CC/C=C/CC/C=C/CCCCCCCCCCCCCCCCCCCCC. The lowest BCUT2D eigenvalue weighted by Crippen LogP contribution is -2.45. The molecule has 3 atom stereocenters. The summed E-state index contributed by atoms with van der Waals surface area (Å²) in [6, 6.07) is -0.871. The Morgan fingerprint density at radius 3 is 0.976 bits per heavy atom. The number of nitrogens with one attached hydrogen (secondary N) is 1. The molecule has 82 heavy (non-hydrogen) atoms. The third-order valence-corrected chi connectivity index (χ3v) is 17.5. The number of rotatable bonds is 67. The highest BCUT2D eigenvalue weighted by Gasteiger charge is 2.28. The zero-order valence-electron chi connectivity index (χ0n) is 55.5. The summed E-state index contributed by atoms with van der Waals surface area (Å²) in [6.45, 7) is 4.84. The van der Waals surface area contributed by atoms with E-state index in [4.69, 9.17) is 9.05 Å². The van der Waals surface area contributed by atoms with Gasteiger partial charge in [-0.05, 0) is 70.6 Å². The van der Waals surface area contributed by atoms with Crippen molar-refractivity contribution >= 4 is 13.7 Å². The minimum atomic E-state index is -4.37. The van der Waals surface area contributed by atoms with Crippen molar-refractivity contribution < 1.29 is 32.9 Å². The highest BCUT2D eigenvalue weighted by atomic mass is 31.2. The summed E-state index contributed by atoms with van der Waals surface area (Å²) in [5, 5.41) is 14.0. The van der Waals surface area contributed by atoms with Gasteiger partial charge in [0.15, 0.2) is 0 Å². The maximum absolute atomic E-state index is 13.1. The van der Waals surface area contributed by atoms with Gasteiger partial charge in [0.2, 0.25) is 5.91 Å². The third kappa shape index (κ3) is 66.0. The summed E-state index contributed by atoms with van der Waals surface area (Å²) in [5.41, 5.74) is 0. The van der Waals surface area contributed by atoms with Crippen LogP contribution in [0, 0.1) is 0 Å². The van der Waals surface area contributed by atoms with Crippen LogP contribution in [0.1, 0.15) is 361 Å². The lowest BCUT2D eigenvalue weighted by molar-refractivity contribution is -0.870. The van der Waals surface area contributed by atoms with E-state index in [-0.39, 0.29) is 19.1 Å². The van der Waals surface area contributed by atoms with E-state index in [1.807, 2.05) is 27.2 Å². The predicted molar refractivity (Wildman–Crippen MR) is 360 cm³/mol. The standard InChI is InChI=1S/C73H141N2O6P/c1-6-8-10-12-14-16-18-20-22-24-26-28-30-32-34-36-37-39-41-43-45-47-49-51-53-55-57-59-61-63-65-67-73(77)74-71(70-81-82(78,79)80-69-68-75(3,4)5)72(76)66-64-62-60-58-56-54-52-50-48-46-44-42-40-38-35-33-31-29-27-25-23-21-19-17-15-13-11-9-7-2/h24,26,48,50,56,58,64,66,71-72,76H,6-23,25,27-47,49,51-55,57,59-63,65,67-70H2,1-5H3,(H-,74,77,78,79)/p+1/b26-24-,50-48+,58-56+,66-64+. The molecule has 0 aliphatic carbocycles. The number of allylic oxidation sites excluding steroid dienone is 7. The Balaban J connectivity index is 4.09. The number of likely N-dealkylation sites (N-methyl/N-ethyl adjacent to an activating group) is 1. The topological polar surface area (TPSA) is 105 Å². The van der Waals surface area contributed by atoms with Crippen LogP contribution in [0.2, 0.25) is 0 Å². The second-order valence-electron chi connectivity index (χ2n) is 25.9. The fraction of sp³-hybridized carbons (Fsp3) is 0.877. The van der Waals surface area contributed by atoms with Gasteiger partial charge >= 0.3 is 7.82 Å². The molecule has 3 N–H and O–H groups in total. The minimum absolute atomic E-state index is 0.0544. The van der Waals surface area contributed by atoms with Crippen molar-refractivity contribution in [1.82, 2.24) is 5.32 Å². The smallest absolute Gasteiger partial charge is 0.387 e. The Morgan fingerprint density at radius 2 is 0.671 bits per heavy atom. The number of quaternary nitrogens is 1. The fourth-order valence-electron chi connectivity index (χ4n) is 10.9. The van der Waals surface area contributed by atoms with Gasteiger partial charge in [0, 0.05) is 6.42 Å². The number of nitrogens with zero attached hydrogens (tertiary/aromatic N) is 1. The van der Waals surface area contributed by atoms with Crippen LogP contribution in [0.5, 0.6) is 0 Å². The van der Waals surface area contributed by atoms with Crippen LogP contribution in [0.4, 0.5) is 0 Å².